The van der Waals surface area contributed by atoms with Crippen LogP contribution in [0.25, 0.3) is 0 Å². The Bertz CT molecular complexity index is 329. The SMILES string of the molecule is NC(=O)C(Sc1ncccn1)C(N)=O. The number of aromatic nitrogens is 2. The highest BCUT2D eigenvalue weighted by atomic mass is 32.2. The second-order valence-corrected chi connectivity index (χ2v) is 3.41. The van der Waals surface area contributed by atoms with Gasteiger partial charge >= 0.3 is 0 Å². The van der Waals surface area contributed by atoms with Gasteiger partial charge in [-0.25, -0.2) is 9.97 Å². The molecule has 74 valence electrons. The van der Waals surface area contributed by atoms with Crippen LogP contribution in [-0.2, 0) is 9.59 Å². The van der Waals surface area contributed by atoms with Crippen LogP contribution >= 0.6 is 11.8 Å². The van der Waals surface area contributed by atoms with Gasteiger partial charge in [-0.05, 0) is 6.07 Å². The van der Waals surface area contributed by atoms with E-state index in [0.29, 0.717) is 0 Å². The van der Waals surface area contributed by atoms with Gasteiger partial charge in [0.2, 0.25) is 11.8 Å². The maximum atomic E-state index is 10.8. The number of nitrogens with zero attached hydrogens (tertiary/aromatic N) is 2. The first-order valence-electron chi connectivity index (χ1n) is 3.63. The summed E-state index contributed by atoms with van der Waals surface area (Å²) in [5.74, 6) is -1.59. The van der Waals surface area contributed by atoms with E-state index in [2.05, 4.69) is 9.97 Å². The second-order valence-electron chi connectivity index (χ2n) is 2.33. The number of nitrogens with two attached hydrogens (primary N) is 2. The molecule has 0 saturated heterocycles. The van der Waals surface area contributed by atoms with Crippen molar-refractivity contribution >= 4 is 23.6 Å². The Hall–Kier alpha value is -1.63. The molecule has 1 aromatic rings. The third-order valence-electron chi connectivity index (χ3n) is 1.28. The molecule has 0 aromatic carbocycles. The topological polar surface area (TPSA) is 112 Å². The van der Waals surface area contributed by atoms with E-state index in [4.69, 9.17) is 11.5 Å². The molecule has 0 fully saturated rings. The van der Waals surface area contributed by atoms with E-state index in [-0.39, 0.29) is 5.16 Å². The highest BCUT2D eigenvalue weighted by Gasteiger charge is 2.23. The van der Waals surface area contributed by atoms with Crippen LogP contribution in [0, 0.1) is 0 Å². The molecular formula is C7H8N4O2S. The van der Waals surface area contributed by atoms with Crippen molar-refractivity contribution in [2.24, 2.45) is 11.5 Å². The van der Waals surface area contributed by atoms with E-state index in [0.717, 1.165) is 11.8 Å². The summed E-state index contributed by atoms with van der Waals surface area (Å²) in [5.41, 5.74) is 9.94. The molecule has 0 unspecified atom stereocenters. The van der Waals surface area contributed by atoms with Crippen molar-refractivity contribution in [3.63, 3.8) is 0 Å². The van der Waals surface area contributed by atoms with E-state index in [1.807, 2.05) is 0 Å². The van der Waals surface area contributed by atoms with Gasteiger partial charge in [0.05, 0.1) is 0 Å². The molecule has 0 aliphatic carbocycles. The molecule has 2 amide bonds. The smallest absolute Gasteiger partial charge is 0.240 e. The minimum absolute atomic E-state index is 0.287. The Morgan fingerprint density at radius 2 is 1.71 bits per heavy atom. The Kier molecular flexibility index (Phi) is 3.41. The lowest BCUT2D eigenvalue weighted by atomic mass is 10.4. The number of rotatable bonds is 4. The zero-order chi connectivity index (χ0) is 10.6. The lowest BCUT2D eigenvalue weighted by Crippen LogP contribution is -2.37. The molecule has 0 aliphatic rings. The highest BCUT2D eigenvalue weighted by molar-refractivity contribution is 8.01. The number of carbonyl (C=O) groups is 2. The molecule has 0 bridgehead atoms. The monoisotopic (exact) mass is 212 g/mol. The van der Waals surface area contributed by atoms with E-state index in [1.165, 1.54) is 12.4 Å². The molecule has 1 heterocycles. The molecule has 1 aromatic heterocycles. The van der Waals surface area contributed by atoms with Gasteiger partial charge in [0.15, 0.2) is 10.4 Å². The average Bonchev–Trinajstić information content (AvgIpc) is 2.15. The van der Waals surface area contributed by atoms with Gasteiger partial charge in [-0.2, -0.15) is 0 Å². The fourth-order valence-corrected chi connectivity index (χ4v) is 1.39. The maximum Gasteiger partial charge on any atom is 0.240 e. The van der Waals surface area contributed by atoms with Crippen molar-refractivity contribution in [2.45, 2.75) is 10.4 Å². The number of carbonyl (C=O) groups excluding carboxylic acids is 2. The number of primary amides is 2. The normalized spacial score (nSPS) is 10.1. The fraction of sp³-hybridized carbons (Fsp3) is 0.143. The van der Waals surface area contributed by atoms with Gasteiger partial charge in [-0.15, -0.1) is 0 Å². The molecule has 0 saturated carbocycles. The first-order valence-corrected chi connectivity index (χ1v) is 4.51. The Morgan fingerprint density at radius 3 is 2.14 bits per heavy atom. The van der Waals surface area contributed by atoms with Gasteiger partial charge in [-0.1, -0.05) is 11.8 Å². The Labute approximate surface area is 84.1 Å². The third kappa shape index (κ3) is 2.70. The quantitative estimate of drug-likeness (QED) is 0.374. The first kappa shape index (κ1) is 10.5. The molecule has 0 spiro atoms. The zero-order valence-electron chi connectivity index (χ0n) is 7.08. The van der Waals surface area contributed by atoms with Crippen LogP contribution < -0.4 is 11.5 Å². The van der Waals surface area contributed by atoms with Crippen LogP contribution in [0.5, 0.6) is 0 Å². The van der Waals surface area contributed by atoms with Crippen molar-refractivity contribution < 1.29 is 9.59 Å². The van der Waals surface area contributed by atoms with Gasteiger partial charge < -0.3 is 11.5 Å². The van der Waals surface area contributed by atoms with Crippen LogP contribution in [0.3, 0.4) is 0 Å². The number of hydrogen-bond acceptors (Lipinski definition) is 5. The summed E-state index contributed by atoms with van der Waals surface area (Å²) >= 11 is 0.834. The highest BCUT2D eigenvalue weighted by Crippen LogP contribution is 2.17. The van der Waals surface area contributed by atoms with Crippen molar-refractivity contribution in [2.75, 3.05) is 0 Å². The molecule has 4 N–H and O–H groups in total. The Morgan fingerprint density at radius 1 is 1.21 bits per heavy atom. The van der Waals surface area contributed by atoms with Crippen molar-refractivity contribution in [1.82, 2.24) is 9.97 Å². The lowest BCUT2D eigenvalue weighted by Gasteiger charge is -2.06. The van der Waals surface area contributed by atoms with Crippen LogP contribution in [0.15, 0.2) is 23.6 Å². The maximum absolute atomic E-state index is 10.8. The summed E-state index contributed by atoms with van der Waals surface area (Å²) in [6, 6.07) is 1.62. The van der Waals surface area contributed by atoms with Crippen LogP contribution in [-0.4, -0.2) is 27.0 Å². The summed E-state index contributed by atoms with van der Waals surface area (Å²) in [4.78, 5) is 29.2. The van der Waals surface area contributed by atoms with Gasteiger partial charge in [0.25, 0.3) is 0 Å². The standard InChI is InChI=1S/C7H8N4O2S/c8-5(12)4(6(9)13)14-7-10-2-1-3-11-7/h1-4H,(H2,8,12)(H2,9,13). The summed E-state index contributed by atoms with van der Waals surface area (Å²) in [6.45, 7) is 0. The summed E-state index contributed by atoms with van der Waals surface area (Å²) < 4.78 is 0. The molecule has 14 heavy (non-hydrogen) atoms. The average molecular weight is 212 g/mol. The van der Waals surface area contributed by atoms with E-state index >= 15 is 0 Å². The van der Waals surface area contributed by atoms with Crippen LogP contribution in [0.4, 0.5) is 0 Å². The van der Waals surface area contributed by atoms with Crippen LogP contribution in [0.2, 0.25) is 0 Å². The third-order valence-corrected chi connectivity index (χ3v) is 2.40. The molecule has 1 rings (SSSR count). The number of hydrogen-bond donors (Lipinski definition) is 2. The predicted octanol–water partition coefficient (Wildman–Crippen LogP) is -1.09. The minimum Gasteiger partial charge on any atom is -0.368 e. The van der Waals surface area contributed by atoms with Gasteiger partial charge in [0.1, 0.15) is 0 Å². The molecule has 0 aliphatic heterocycles. The Balaban J connectivity index is 2.75. The van der Waals surface area contributed by atoms with Gasteiger partial charge in [-0.3, -0.25) is 9.59 Å². The number of amides is 2. The molecule has 0 radical (unpaired) electrons. The van der Waals surface area contributed by atoms with Gasteiger partial charge in [0, 0.05) is 12.4 Å². The van der Waals surface area contributed by atoms with E-state index < -0.39 is 17.1 Å². The summed E-state index contributed by atoms with van der Waals surface area (Å²) in [7, 11) is 0. The summed E-state index contributed by atoms with van der Waals surface area (Å²) in [6.07, 6.45) is 2.99. The van der Waals surface area contributed by atoms with Crippen LogP contribution in [0.1, 0.15) is 0 Å². The lowest BCUT2D eigenvalue weighted by molar-refractivity contribution is -0.125. The van der Waals surface area contributed by atoms with E-state index in [1.54, 1.807) is 6.07 Å². The van der Waals surface area contributed by atoms with Crippen molar-refractivity contribution in [3.8, 4) is 0 Å². The molecule has 7 heteroatoms. The number of thioether (sulfide) groups is 1. The summed E-state index contributed by atoms with van der Waals surface area (Å²) in [5, 5.41) is -0.840. The molecule has 6 nitrogen and oxygen atoms in total. The fourth-order valence-electron chi connectivity index (χ4n) is 0.708. The molecular weight excluding hydrogens is 204 g/mol. The zero-order valence-corrected chi connectivity index (χ0v) is 7.90. The van der Waals surface area contributed by atoms with Crippen molar-refractivity contribution in [1.29, 1.82) is 0 Å². The largest absolute Gasteiger partial charge is 0.368 e. The molecule has 0 atom stereocenters. The minimum atomic E-state index is -1.13. The van der Waals surface area contributed by atoms with E-state index in [9.17, 15) is 9.59 Å². The first-order chi connectivity index (χ1) is 6.61. The van der Waals surface area contributed by atoms with Crippen molar-refractivity contribution in [3.05, 3.63) is 18.5 Å². The second kappa shape index (κ2) is 4.56. The predicted molar refractivity (Wildman–Crippen MR) is 50.1 cm³/mol.